The first kappa shape index (κ1) is 6.92. The lowest BCUT2D eigenvalue weighted by Crippen LogP contribution is -1.99. The Balaban J connectivity index is 2.96. The zero-order valence-electron chi connectivity index (χ0n) is 4.87. The van der Waals surface area contributed by atoms with Gasteiger partial charge in [-0.2, -0.15) is 5.10 Å². The van der Waals surface area contributed by atoms with E-state index in [1.54, 1.807) is 5.40 Å². The van der Waals surface area contributed by atoms with Crippen LogP contribution in [0.5, 0.6) is 0 Å². The minimum atomic E-state index is -1.68. The van der Waals surface area contributed by atoms with Crippen molar-refractivity contribution in [3.8, 4) is 5.40 Å². The Morgan fingerprint density at radius 3 is 3.00 bits per heavy atom. The molecule has 0 fully saturated rings. The molecule has 0 amide bonds. The van der Waals surface area contributed by atoms with E-state index >= 15 is 0 Å². The molecule has 0 bridgehead atoms. The van der Waals surface area contributed by atoms with Gasteiger partial charge in [-0.05, 0) is 0 Å². The number of rotatable bonds is 1. The molecule has 0 aromatic carbocycles. The van der Waals surface area contributed by atoms with E-state index in [4.69, 9.17) is 11.0 Å². The van der Waals surface area contributed by atoms with Gasteiger partial charge in [-0.3, -0.25) is 5.10 Å². The van der Waals surface area contributed by atoms with Crippen LogP contribution in [0.4, 0.5) is 5.82 Å². The topological polar surface area (TPSA) is 102 Å². The minimum absolute atomic E-state index is 0.180. The summed E-state index contributed by atoms with van der Waals surface area (Å²) in [4.78, 5) is 0.238. The highest BCUT2D eigenvalue weighted by atomic mass is 32.2. The maximum absolute atomic E-state index is 10.7. The monoisotopic (exact) mass is 156 g/mol. The van der Waals surface area contributed by atoms with E-state index in [9.17, 15) is 4.55 Å². The lowest BCUT2D eigenvalue weighted by molar-refractivity contribution is 0.605. The summed E-state index contributed by atoms with van der Waals surface area (Å²) >= 11 is -1.68. The van der Waals surface area contributed by atoms with Gasteiger partial charge in [-0.25, -0.2) is 0 Å². The molecule has 1 heterocycles. The van der Waals surface area contributed by atoms with Crippen molar-refractivity contribution in [2.24, 2.45) is 0 Å². The van der Waals surface area contributed by atoms with Crippen LogP contribution in [-0.2, 0) is 11.2 Å². The molecule has 52 valence electrons. The molecule has 1 atom stereocenters. The molecule has 10 heavy (non-hydrogen) atoms. The first-order valence-electron chi connectivity index (χ1n) is 2.36. The number of anilines is 1. The molecule has 0 saturated carbocycles. The molecule has 0 aliphatic carbocycles. The number of hydrogen-bond donors (Lipinski definition) is 2. The molecule has 0 aliphatic heterocycles. The summed E-state index contributed by atoms with van der Waals surface area (Å²) in [6.45, 7) is 0. The number of hydrogen-bond acceptors (Lipinski definition) is 4. The highest BCUT2D eigenvalue weighted by Crippen LogP contribution is 2.13. The number of nitrogens with two attached hydrogens (primary N) is 1. The van der Waals surface area contributed by atoms with Crippen LogP contribution in [0.2, 0.25) is 0 Å². The predicted octanol–water partition coefficient (Wildman–Crippen LogP) is -0.419. The Kier molecular flexibility index (Phi) is 1.80. The highest BCUT2D eigenvalue weighted by molar-refractivity contribution is 7.96. The van der Waals surface area contributed by atoms with Crippen LogP contribution in [0, 0.1) is 10.7 Å². The van der Waals surface area contributed by atoms with Crippen molar-refractivity contribution in [1.82, 2.24) is 10.2 Å². The number of nitrogens with zero attached hydrogens (tertiary/aromatic N) is 2. The zero-order chi connectivity index (χ0) is 7.56. The van der Waals surface area contributed by atoms with E-state index in [0.717, 1.165) is 0 Å². The van der Waals surface area contributed by atoms with Crippen LogP contribution in [0.1, 0.15) is 0 Å². The Morgan fingerprint density at radius 2 is 2.60 bits per heavy atom. The molecule has 1 aromatic rings. The summed E-state index contributed by atoms with van der Waals surface area (Å²) in [7, 11) is 0. The van der Waals surface area contributed by atoms with Gasteiger partial charge in [0.2, 0.25) is 4.90 Å². The minimum Gasteiger partial charge on any atom is -0.597 e. The molecule has 5 nitrogen and oxygen atoms in total. The van der Waals surface area contributed by atoms with Gasteiger partial charge in [0.1, 0.15) is 17.4 Å². The lowest BCUT2D eigenvalue weighted by Gasteiger charge is -1.94. The van der Waals surface area contributed by atoms with Gasteiger partial charge in [0.25, 0.3) is 0 Å². The SMILES string of the molecule is N#C[S+]([O-])c1cn[nH]c1N. The van der Waals surface area contributed by atoms with Crippen LogP contribution < -0.4 is 5.73 Å². The van der Waals surface area contributed by atoms with Crippen LogP contribution >= 0.6 is 0 Å². The van der Waals surface area contributed by atoms with Gasteiger partial charge in [0, 0.05) is 0 Å². The molecule has 6 heteroatoms. The molecule has 3 N–H and O–H groups in total. The third-order valence-corrected chi connectivity index (χ3v) is 1.81. The van der Waals surface area contributed by atoms with Crippen LogP contribution in [0.25, 0.3) is 0 Å². The van der Waals surface area contributed by atoms with Crippen LogP contribution in [-0.4, -0.2) is 14.8 Å². The first-order valence-corrected chi connectivity index (χ1v) is 3.51. The smallest absolute Gasteiger partial charge is 0.323 e. The standard InChI is InChI=1S/C4H4N4OS/c5-2-10(9)3-1-7-8-4(3)6/h1H,(H3,6,7,8). The molecule has 0 aliphatic rings. The summed E-state index contributed by atoms with van der Waals surface area (Å²) in [5, 5.41) is 15.6. The summed E-state index contributed by atoms with van der Waals surface area (Å²) < 4.78 is 10.7. The Labute approximate surface area is 60.0 Å². The van der Waals surface area contributed by atoms with Crippen molar-refractivity contribution < 1.29 is 4.55 Å². The first-order chi connectivity index (χ1) is 4.75. The van der Waals surface area contributed by atoms with Crippen molar-refractivity contribution in [1.29, 1.82) is 5.26 Å². The van der Waals surface area contributed by atoms with Gasteiger partial charge in [0.15, 0.2) is 5.82 Å². The summed E-state index contributed by atoms with van der Waals surface area (Å²) in [6, 6.07) is 0. The molecule has 1 rings (SSSR count). The van der Waals surface area contributed by atoms with Crippen LogP contribution in [0.15, 0.2) is 11.1 Å². The van der Waals surface area contributed by atoms with E-state index in [1.165, 1.54) is 6.20 Å². The number of H-pyrrole nitrogens is 1. The number of aromatic amines is 1. The quantitative estimate of drug-likeness (QED) is 0.426. The number of nitriles is 1. The van der Waals surface area contributed by atoms with E-state index in [0.29, 0.717) is 0 Å². The Hall–Kier alpha value is -1.19. The fourth-order valence-corrected chi connectivity index (χ4v) is 0.974. The number of aromatic nitrogens is 2. The van der Waals surface area contributed by atoms with Crippen molar-refractivity contribution in [3.63, 3.8) is 0 Å². The highest BCUT2D eigenvalue weighted by Gasteiger charge is 2.15. The van der Waals surface area contributed by atoms with E-state index in [2.05, 4.69) is 10.2 Å². The summed E-state index contributed by atoms with van der Waals surface area (Å²) in [5.41, 5.74) is 5.25. The molecule has 0 spiro atoms. The van der Waals surface area contributed by atoms with Gasteiger partial charge < -0.3 is 10.3 Å². The van der Waals surface area contributed by atoms with E-state index < -0.39 is 11.2 Å². The normalized spacial score (nSPS) is 12.4. The molecular weight excluding hydrogens is 152 g/mol. The second kappa shape index (κ2) is 2.60. The number of nitrogen functional groups attached to an aromatic ring is 1. The fraction of sp³-hybridized carbons (Fsp3) is 0. The molecule has 0 radical (unpaired) electrons. The lowest BCUT2D eigenvalue weighted by atomic mass is 10.7. The van der Waals surface area contributed by atoms with Gasteiger partial charge in [-0.15, -0.1) is 5.26 Å². The molecular formula is C4H4N4OS. The third-order valence-electron chi connectivity index (χ3n) is 0.915. The van der Waals surface area contributed by atoms with Crippen molar-refractivity contribution in [3.05, 3.63) is 6.20 Å². The molecule has 1 unspecified atom stereocenters. The maximum atomic E-state index is 10.7. The summed E-state index contributed by atoms with van der Waals surface area (Å²) in [5.74, 6) is 0.180. The largest absolute Gasteiger partial charge is 0.597 e. The predicted molar refractivity (Wildman–Crippen MR) is 35.0 cm³/mol. The maximum Gasteiger partial charge on any atom is 0.323 e. The average molecular weight is 156 g/mol. The zero-order valence-corrected chi connectivity index (χ0v) is 5.68. The summed E-state index contributed by atoms with van der Waals surface area (Å²) in [6.07, 6.45) is 1.27. The van der Waals surface area contributed by atoms with Gasteiger partial charge >= 0.3 is 5.40 Å². The molecule has 1 aromatic heterocycles. The van der Waals surface area contributed by atoms with Gasteiger partial charge in [-0.1, -0.05) is 0 Å². The third kappa shape index (κ3) is 1.05. The molecule has 0 saturated heterocycles. The van der Waals surface area contributed by atoms with Crippen LogP contribution in [0.3, 0.4) is 0 Å². The van der Waals surface area contributed by atoms with Crippen molar-refractivity contribution in [2.45, 2.75) is 4.90 Å². The van der Waals surface area contributed by atoms with Gasteiger partial charge in [0.05, 0.1) is 0 Å². The second-order valence-electron chi connectivity index (χ2n) is 1.51. The number of nitrogens with one attached hydrogen (secondary N) is 1. The second-order valence-corrected chi connectivity index (χ2v) is 2.67. The van der Waals surface area contributed by atoms with E-state index in [-0.39, 0.29) is 10.7 Å². The Morgan fingerprint density at radius 1 is 1.90 bits per heavy atom. The fourth-order valence-electron chi connectivity index (χ4n) is 0.482. The Bertz CT molecular complexity index is 264. The van der Waals surface area contributed by atoms with Crippen molar-refractivity contribution >= 4 is 17.0 Å². The average Bonchev–Trinajstić information content (AvgIpc) is 2.34. The van der Waals surface area contributed by atoms with Crippen molar-refractivity contribution in [2.75, 3.05) is 5.73 Å². The van der Waals surface area contributed by atoms with E-state index in [1.807, 2.05) is 0 Å². The number of thiocyanates is 1.